The number of pyridine rings is 1. The van der Waals surface area contributed by atoms with E-state index in [2.05, 4.69) is 55.2 Å². The third-order valence-corrected chi connectivity index (χ3v) is 6.75. The second-order valence-electron chi connectivity index (χ2n) is 9.61. The van der Waals surface area contributed by atoms with E-state index in [1.807, 2.05) is 24.3 Å². The highest BCUT2D eigenvalue weighted by Gasteiger charge is 2.09. The normalized spacial score (nSPS) is 11.1. The van der Waals surface area contributed by atoms with Gasteiger partial charge in [0.15, 0.2) is 0 Å². The Morgan fingerprint density at radius 2 is 1.00 bits per heavy atom. The van der Waals surface area contributed by atoms with Crippen LogP contribution in [-0.2, 0) is 12.8 Å². The SMILES string of the molecule is CCCCCCCCc1ccc(-c2ccc(-c3ccc(CCCCCCC)cc3)c(F)n2)cc1. The van der Waals surface area contributed by atoms with Gasteiger partial charge in [-0.25, -0.2) is 4.98 Å². The first-order chi connectivity index (χ1) is 16.7. The molecule has 3 rings (SSSR count). The second kappa shape index (κ2) is 14.7. The van der Waals surface area contributed by atoms with E-state index in [1.54, 1.807) is 0 Å². The molecule has 0 spiro atoms. The van der Waals surface area contributed by atoms with Gasteiger partial charge >= 0.3 is 0 Å². The van der Waals surface area contributed by atoms with E-state index < -0.39 is 5.95 Å². The molecular formula is C32H42FN. The molecule has 0 bridgehead atoms. The van der Waals surface area contributed by atoms with Gasteiger partial charge in [0, 0.05) is 11.1 Å². The van der Waals surface area contributed by atoms with Gasteiger partial charge in [-0.3, -0.25) is 0 Å². The van der Waals surface area contributed by atoms with Gasteiger partial charge in [0.25, 0.3) is 0 Å². The molecule has 34 heavy (non-hydrogen) atoms. The molecule has 0 fully saturated rings. The van der Waals surface area contributed by atoms with Crippen molar-refractivity contribution in [3.05, 3.63) is 77.7 Å². The van der Waals surface area contributed by atoms with Crippen LogP contribution in [0, 0.1) is 5.95 Å². The number of benzene rings is 2. The van der Waals surface area contributed by atoms with Gasteiger partial charge in [0.05, 0.1) is 5.69 Å². The molecular weight excluding hydrogens is 417 g/mol. The fourth-order valence-corrected chi connectivity index (χ4v) is 4.55. The van der Waals surface area contributed by atoms with Crippen molar-refractivity contribution >= 4 is 0 Å². The molecule has 0 saturated carbocycles. The van der Waals surface area contributed by atoms with Crippen molar-refractivity contribution in [1.82, 2.24) is 4.98 Å². The molecule has 3 aromatic rings. The molecule has 182 valence electrons. The molecule has 2 heteroatoms. The van der Waals surface area contributed by atoms with Gasteiger partial charge in [-0.2, -0.15) is 4.39 Å². The topological polar surface area (TPSA) is 12.9 Å². The van der Waals surface area contributed by atoms with Gasteiger partial charge in [0.2, 0.25) is 5.95 Å². The Morgan fingerprint density at radius 1 is 0.529 bits per heavy atom. The highest BCUT2D eigenvalue weighted by atomic mass is 19.1. The Hall–Kier alpha value is -2.48. The first-order valence-corrected chi connectivity index (χ1v) is 13.6. The number of rotatable bonds is 15. The van der Waals surface area contributed by atoms with E-state index in [1.165, 1.54) is 81.8 Å². The summed E-state index contributed by atoms with van der Waals surface area (Å²) in [6.07, 6.45) is 16.5. The summed E-state index contributed by atoms with van der Waals surface area (Å²) in [5.41, 5.74) is 5.79. The number of aromatic nitrogens is 1. The van der Waals surface area contributed by atoms with E-state index in [-0.39, 0.29) is 0 Å². The number of halogens is 1. The minimum atomic E-state index is -0.402. The zero-order chi connectivity index (χ0) is 24.0. The maximum Gasteiger partial charge on any atom is 0.221 e. The average molecular weight is 460 g/mol. The Balaban J connectivity index is 1.54. The summed E-state index contributed by atoms with van der Waals surface area (Å²) in [6, 6.07) is 20.6. The monoisotopic (exact) mass is 459 g/mol. The lowest BCUT2D eigenvalue weighted by atomic mass is 10.0. The van der Waals surface area contributed by atoms with Crippen molar-refractivity contribution in [3.8, 4) is 22.4 Å². The van der Waals surface area contributed by atoms with Crippen molar-refractivity contribution < 1.29 is 4.39 Å². The van der Waals surface area contributed by atoms with Gasteiger partial charge in [0.1, 0.15) is 0 Å². The van der Waals surface area contributed by atoms with Crippen LogP contribution in [0.2, 0.25) is 0 Å². The minimum absolute atomic E-state index is 0.402. The van der Waals surface area contributed by atoms with Crippen molar-refractivity contribution in [2.75, 3.05) is 0 Å². The van der Waals surface area contributed by atoms with Crippen LogP contribution in [0.25, 0.3) is 22.4 Å². The van der Waals surface area contributed by atoms with E-state index >= 15 is 0 Å². The van der Waals surface area contributed by atoms with Crippen LogP contribution in [0.15, 0.2) is 60.7 Å². The standard InChI is InChI=1S/C32H42FN/c1-3-5-7-9-11-13-15-27-18-22-29(23-19-27)31-25-24-30(32(33)34-31)28-20-16-26(17-21-28)14-12-10-8-6-4-2/h16-25H,3-15H2,1-2H3. The lowest BCUT2D eigenvalue weighted by Crippen LogP contribution is -1.94. The summed E-state index contributed by atoms with van der Waals surface area (Å²) in [7, 11) is 0. The number of hydrogen-bond acceptors (Lipinski definition) is 1. The summed E-state index contributed by atoms with van der Waals surface area (Å²) in [5, 5.41) is 0. The van der Waals surface area contributed by atoms with Crippen LogP contribution in [0.5, 0.6) is 0 Å². The number of unbranched alkanes of at least 4 members (excludes halogenated alkanes) is 9. The third kappa shape index (κ3) is 8.38. The molecule has 1 nitrogen and oxygen atoms in total. The molecule has 0 aliphatic rings. The summed E-state index contributed by atoms with van der Waals surface area (Å²) in [5.74, 6) is -0.402. The smallest absolute Gasteiger partial charge is 0.219 e. The molecule has 2 aromatic carbocycles. The summed E-state index contributed by atoms with van der Waals surface area (Å²) >= 11 is 0. The van der Waals surface area contributed by atoms with Crippen molar-refractivity contribution in [3.63, 3.8) is 0 Å². The highest BCUT2D eigenvalue weighted by molar-refractivity contribution is 5.67. The first-order valence-electron chi connectivity index (χ1n) is 13.6. The molecule has 0 amide bonds. The average Bonchev–Trinajstić information content (AvgIpc) is 2.87. The van der Waals surface area contributed by atoms with Crippen LogP contribution in [0.1, 0.15) is 95.6 Å². The molecule has 0 saturated heterocycles. The van der Waals surface area contributed by atoms with Gasteiger partial charge in [-0.05, 0) is 54.5 Å². The lowest BCUT2D eigenvalue weighted by Gasteiger charge is -2.08. The zero-order valence-corrected chi connectivity index (χ0v) is 21.3. The lowest BCUT2D eigenvalue weighted by molar-refractivity contribution is 0.589. The van der Waals surface area contributed by atoms with E-state index in [0.29, 0.717) is 11.3 Å². The van der Waals surface area contributed by atoms with Crippen LogP contribution >= 0.6 is 0 Å². The van der Waals surface area contributed by atoms with Gasteiger partial charge in [-0.1, -0.05) is 120 Å². The maximum atomic E-state index is 14.9. The zero-order valence-electron chi connectivity index (χ0n) is 21.3. The fourth-order valence-electron chi connectivity index (χ4n) is 4.55. The number of hydrogen-bond donors (Lipinski definition) is 0. The number of aryl methyl sites for hydroxylation is 2. The first kappa shape index (κ1) is 26.1. The third-order valence-electron chi connectivity index (χ3n) is 6.75. The van der Waals surface area contributed by atoms with E-state index in [9.17, 15) is 4.39 Å². The Labute approximate surface area is 206 Å². The number of nitrogens with zero attached hydrogens (tertiary/aromatic N) is 1. The van der Waals surface area contributed by atoms with Crippen LogP contribution in [0.4, 0.5) is 4.39 Å². The molecule has 0 unspecified atom stereocenters. The Morgan fingerprint density at radius 3 is 1.50 bits per heavy atom. The van der Waals surface area contributed by atoms with Crippen molar-refractivity contribution in [1.29, 1.82) is 0 Å². The van der Waals surface area contributed by atoms with Crippen LogP contribution in [-0.4, -0.2) is 4.98 Å². The summed E-state index contributed by atoms with van der Waals surface area (Å²) < 4.78 is 14.9. The fraction of sp³-hybridized carbons (Fsp3) is 0.469. The highest BCUT2D eigenvalue weighted by Crippen LogP contribution is 2.26. The van der Waals surface area contributed by atoms with Crippen LogP contribution in [0.3, 0.4) is 0 Å². The largest absolute Gasteiger partial charge is 0.221 e. The molecule has 0 atom stereocenters. The van der Waals surface area contributed by atoms with E-state index in [4.69, 9.17) is 0 Å². The summed E-state index contributed by atoms with van der Waals surface area (Å²) in [6.45, 7) is 4.50. The molecule has 0 aliphatic carbocycles. The molecule has 0 radical (unpaired) electrons. The quantitative estimate of drug-likeness (QED) is 0.163. The predicted molar refractivity (Wildman–Crippen MR) is 145 cm³/mol. The molecule has 1 aromatic heterocycles. The van der Waals surface area contributed by atoms with E-state index in [0.717, 1.165) is 24.0 Å². The molecule has 1 heterocycles. The van der Waals surface area contributed by atoms with Crippen molar-refractivity contribution in [2.45, 2.75) is 97.3 Å². The van der Waals surface area contributed by atoms with Gasteiger partial charge < -0.3 is 0 Å². The maximum absolute atomic E-state index is 14.9. The molecule has 0 N–H and O–H groups in total. The Bertz CT molecular complexity index is 959. The predicted octanol–water partition coefficient (Wildman–Crippen LogP) is 9.97. The second-order valence-corrected chi connectivity index (χ2v) is 9.61. The van der Waals surface area contributed by atoms with Crippen LogP contribution < -0.4 is 0 Å². The minimum Gasteiger partial charge on any atom is -0.219 e. The summed E-state index contributed by atoms with van der Waals surface area (Å²) in [4.78, 5) is 4.29. The van der Waals surface area contributed by atoms with Gasteiger partial charge in [-0.15, -0.1) is 0 Å². The van der Waals surface area contributed by atoms with Crippen molar-refractivity contribution in [2.24, 2.45) is 0 Å². The Kier molecular flexibility index (Phi) is 11.3. The molecule has 0 aliphatic heterocycles.